The van der Waals surface area contributed by atoms with E-state index in [0.717, 1.165) is 5.92 Å². The summed E-state index contributed by atoms with van der Waals surface area (Å²) in [5.74, 6) is 1.18. The standard InChI is InChI=1S/C32H62O2/c1-6-8-10-12-13-14-15-16-18-22-26-31(28-34-32(33)29(3)4)27-23-19-21-25-30(5)24-20-17-11-9-7-2/h30-31H,3,6-28H2,1-2,4-5H3. The number of carbonyl (C=O) groups excluding carboxylic acids is 1. The van der Waals surface area contributed by atoms with Gasteiger partial charge in [0, 0.05) is 5.57 Å². The van der Waals surface area contributed by atoms with E-state index >= 15 is 0 Å². The van der Waals surface area contributed by atoms with Crippen LogP contribution < -0.4 is 0 Å². The molecule has 2 atom stereocenters. The van der Waals surface area contributed by atoms with Crippen LogP contribution in [0.2, 0.25) is 0 Å². The summed E-state index contributed by atoms with van der Waals surface area (Å²) in [6.07, 6.45) is 29.9. The minimum atomic E-state index is -0.221. The highest BCUT2D eigenvalue weighted by atomic mass is 16.5. The second-order valence-corrected chi connectivity index (χ2v) is 11.2. The Hall–Kier alpha value is -0.790. The summed E-state index contributed by atoms with van der Waals surface area (Å²) < 4.78 is 5.54. The van der Waals surface area contributed by atoms with Crippen LogP contribution in [-0.2, 0) is 9.53 Å². The third-order valence-electron chi connectivity index (χ3n) is 7.37. The molecular weight excluding hydrogens is 416 g/mol. The molecule has 0 aromatic rings. The highest BCUT2D eigenvalue weighted by Gasteiger charge is 2.13. The molecule has 34 heavy (non-hydrogen) atoms. The van der Waals surface area contributed by atoms with Crippen LogP contribution >= 0.6 is 0 Å². The molecule has 0 radical (unpaired) electrons. The molecule has 0 spiro atoms. The first kappa shape index (κ1) is 33.2. The lowest BCUT2D eigenvalue weighted by Crippen LogP contribution is -2.15. The third kappa shape index (κ3) is 23.0. The topological polar surface area (TPSA) is 26.3 Å². The van der Waals surface area contributed by atoms with Gasteiger partial charge >= 0.3 is 5.97 Å². The van der Waals surface area contributed by atoms with E-state index in [4.69, 9.17) is 4.74 Å². The number of ether oxygens (including phenoxy) is 1. The zero-order chi connectivity index (χ0) is 25.3. The quantitative estimate of drug-likeness (QED) is 0.0701. The molecule has 2 unspecified atom stereocenters. The molecule has 0 fully saturated rings. The number of hydrogen-bond acceptors (Lipinski definition) is 2. The normalized spacial score (nSPS) is 13.1. The summed E-state index contributed by atoms with van der Waals surface area (Å²) in [4.78, 5) is 11.9. The number of esters is 1. The van der Waals surface area contributed by atoms with Crippen LogP contribution in [0.15, 0.2) is 12.2 Å². The number of rotatable bonds is 26. The van der Waals surface area contributed by atoms with Crippen LogP contribution in [0.1, 0.15) is 169 Å². The smallest absolute Gasteiger partial charge is 0.333 e. The van der Waals surface area contributed by atoms with Gasteiger partial charge in [0.05, 0.1) is 6.61 Å². The van der Waals surface area contributed by atoms with Crippen LogP contribution in [-0.4, -0.2) is 12.6 Å². The second-order valence-electron chi connectivity index (χ2n) is 11.2. The molecule has 2 nitrogen and oxygen atoms in total. The van der Waals surface area contributed by atoms with E-state index in [1.165, 1.54) is 141 Å². The van der Waals surface area contributed by atoms with Crippen molar-refractivity contribution in [1.82, 2.24) is 0 Å². The van der Waals surface area contributed by atoms with Gasteiger partial charge in [0.25, 0.3) is 0 Å². The predicted molar refractivity (Wildman–Crippen MR) is 151 cm³/mol. The van der Waals surface area contributed by atoms with Crippen molar-refractivity contribution >= 4 is 5.97 Å². The Morgan fingerprint density at radius 2 is 0.971 bits per heavy atom. The van der Waals surface area contributed by atoms with Crippen LogP contribution in [0.25, 0.3) is 0 Å². The summed E-state index contributed by atoms with van der Waals surface area (Å²) >= 11 is 0. The molecule has 0 amide bonds. The zero-order valence-electron chi connectivity index (χ0n) is 23.9. The average Bonchev–Trinajstić information content (AvgIpc) is 2.82. The van der Waals surface area contributed by atoms with Crippen LogP contribution in [0.4, 0.5) is 0 Å². The Bertz CT molecular complexity index is 456. The van der Waals surface area contributed by atoms with Gasteiger partial charge in [-0.05, 0) is 31.6 Å². The van der Waals surface area contributed by atoms with Gasteiger partial charge in [-0.1, -0.05) is 156 Å². The molecule has 0 rings (SSSR count). The summed E-state index contributed by atoms with van der Waals surface area (Å²) in [5, 5.41) is 0. The minimum absolute atomic E-state index is 0.221. The molecule has 0 saturated carbocycles. The van der Waals surface area contributed by atoms with Gasteiger partial charge in [-0.25, -0.2) is 4.79 Å². The van der Waals surface area contributed by atoms with Crippen molar-refractivity contribution < 1.29 is 9.53 Å². The molecule has 0 aliphatic rings. The number of hydrogen-bond donors (Lipinski definition) is 0. The molecule has 2 heteroatoms. The van der Waals surface area contributed by atoms with E-state index in [1.54, 1.807) is 6.92 Å². The van der Waals surface area contributed by atoms with Gasteiger partial charge in [0.1, 0.15) is 0 Å². The molecule has 0 bridgehead atoms. The maximum Gasteiger partial charge on any atom is 0.333 e. The zero-order valence-corrected chi connectivity index (χ0v) is 23.9. The Balaban J connectivity index is 3.96. The van der Waals surface area contributed by atoms with E-state index in [2.05, 4.69) is 27.4 Å². The SMILES string of the molecule is C=C(C)C(=O)OCC(CCCCCCCCCCCC)CCCCCC(C)CCCCCCC. The average molecular weight is 479 g/mol. The van der Waals surface area contributed by atoms with Crippen molar-refractivity contribution in [1.29, 1.82) is 0 Å². The Morgan fingerprint density at radius 3 is 1.38 bits per heavy atom. The number of unbranched alkanes of at least 4 members (excludes halogenated alkanes) is 15. The monoisotopic (exact) mass is 478 g/mol. The first-order chi connectivity index (χ1) is 16.5. The van der Waals surface area contributed by atoms with Crippen molar-refractivity contribution in [2.75, 3.05) is 6.61 Å². The fourth-order valence-electron chi connectivity index (χ4n) is 4.89. The lowest BCUT2D eigenvalue weighted by molar-refractivity contribution is -0.140. The van der Waals surface area contributed by atoms with E-state index in [0.29, 0.717) is 18.1 Å². The van der Waals surface area contributed by atoms with Crippen molar-refractivity contribution in [3.63, 3.8) is 0 Å². The molecular formula is C32H62O2. The third-order valence-corrected chi connectivity index (χ3v) is 7.37. The maximum absolute atomic E-state index is 11.9. The van der Waals surface area contributed by atoms with Gasteiger partial charge < -0.3 is 4.74 Å². The molecule has 0 aromatic heterocycles. The predicted octanol–water partition coefficient (Wildman–Crippen LogP) is 11.0. The highest BCUT2D eigenvalue weighted by Crippen LogP contribution is 2.22. The lowest BCUT2D eigenvalue weighted by atomic mass is 9.93. The molecule has 0 aliphatic carbocycles. The molecule has 0 aliphatic heterocycles. The second kappa shape index (κ2) is 25.3. The van der Waals surface area contributed by atoms with Crippen LogP contribution in [0.5, 0.6) is 0 Å². The van der Waals surface area contributed by atoms with Crippen LogP contribution in [0, 0.1) is 11.8 Å². The Morgan fingerprint density at radius 1 is 0.618 bits per heavy atom. The first-order valence-corrected chi connectivity index (χ1v) is 15.3. The van der Waals surface area contributed by atoms with Gasteiger partial charge in [-0.2, -0.15) is 0 Å². The van der Waals surface area contributed by atoms with Gasteiger partial charge in [-0.3, -0.25) is 0 Å². The summed E-state index contributed by atoms with van der Waals surface area (Å²) in [7, 11) is 0. The molecule has 0 N–H and O–H groups in total. The Labute approximate surface area is 215 Å². The van der Waals surface area contributed by atoms with Crippen molar-refractivity contribution in [2.24, 2.45) is 11.8 Å². The van der Waals surface area contributed by atoms with Crippen LogP contribution in [0.3, 0.4) is 0 Å². The fraction of sp³-hybridized carbons (Fsp3) is 0.906. The lowest BCUT2D eigenvalue weighted by Gasteiger charge is -2.17. The summed E-state index contributed by atoms with van der Waals surface area (Å²) in [6.45, 7) is 13.1. The van der Waals surface area contributed by atoms with Crippen molar-refractivity contribution in [2.45, 2.75) is 169 Å². The molecule has 0 heterocycles. The molecule has 0 saturated heterocycles. The first-order valence-electron chi connectivity index (χ1n) is 15.3. The summed E-state index contributed by atoms with van der Waals surface area (Å²) in [5.41, 5.74) is 0.515. The van der Waals surface area contributed by atoms with E-state index in [-0.39, 0.29) is 5.97 Å². The Kier molecular flexibility index (Phi) is 24.7. The minimum Gasteiger partial charge on any atom is -0.462 e. The van der Waals surface area contributed by atoms with Gasteiger partial charge in [-0.15, -0.1) is 0 Å². The largest absolute Gasteiger partial charge is 0.462 e. The van der Waals surface area contributed by atoms with Crippen molar-refractivity contribution in [3.8, 4) is 0 Å². The van der Waals surface area contributed by atoms with E-state index < -0.39 is 0 Å². The summed E-state index contributed by atoms with van der Waals surface area (Å²) in [6, 6.07) is 0. The van der Waals surface area contributed by atoms with Crippen molar-refractivity contribution in [3.05, 3.63) is 12.2 Å². The molecule has 202 valence electrons. The number of carbonyl (C=O) groups is 1. The van der Waals surface area contributed by atoms with Gasteiger partial charge in [0.15, 0.2) is 0 Å². The van der Waals surface area contributed by atoms with E-state index in [1.807, 2.05) is 0 Å². The molecule has 0 aromatic carbocycles. The fourth-order valence-corrected chi connectivity index (χ4v) is 4.89. The maximum atomic E-state index is 11.9. The van der Waals surface area contributed by atoms with E-state index in [9.17, 15) is 4.79 Å². The highest BCUT2D eigenvalue weighted by molar-refractivity contribution is 5.86. The van der Waals surface area contributed by atoms with Gasteiger partial charge in [0.2, 0.25) is 0 Å².